The molecule has 26 heavy (non-hydrogen) atoms. The smallest absolute Gasteiger partial charge is 0.274 e. The zero-order valence-corrected chi connectivity index (χ0v) is 15.9. The van der Waals surface area contributed by atoms with E-state index in [0.717, 1.165) is 16.8 Å². The fourth-order valence-electron chi connectivity index (χ4n) is 3.07. The van der Waals surface area contributed by atoms with Gasteiger partial charge in [-0.15, -0.1) is 0 Å². The average Bonchev–Trinajstić information content (AvgIpc) is 2.89. The minimum Gasteiger partial charge on any atom is -0.366 e. The minimum atomic E-state index is -2.99. The van der Waals surface area contributed by atoms with Crippen molar-refractivity contribution in [3.05, 3.63) is 46.9 Å². The van der Waals surface area contributed by atoms with Crippen molar-refractivity contribution < 1.29 is 13.2 Å². The number of nitrogens with zero attached hydrogens (tertiary/aromatic N) is 2. The first-order valence-corrected chi connectivity index (χ1v) is 10.3. The lowest BCUT2D eigenvalue weighted by atomic mass is 10.1. The fraction of sp³-hybridized carbons (Fsp3) is 0.389. The van der Waals surface area contributed by atoms with Gasteiger partial charge in [-0.05, 0) is 38.3 Å². The maximum absolute atomic E-state index is 12.6. The third kappa shape index (κ3) is 4.19. The van der Waals surface area contributed by atoms with Crippen molar-refractivity contribution in [2.24, 2.45) is 0 Å². The summed E-state index contributed by atoms with van der Waals surface area (Å²) in [6.45, 7) is 5.56. The van der Waals surface area contributed by atoms with Crippen LogP contribution in [0.1, 0.15) is 33.9 Å². The van der Waals surface area contributed by atoms with Crippen LogP contribution in [0.5, 0.6) is 0 Å². The van der Waals surface area contributed by atoms with Crippen LogP contribution in [-0.4, -0.2) is 41.8 Å². The summed E-state index contributed by atoms with van der Waals surface area (Å²) in [5.74, 6) is 0.845. The standard InChI is InChI=1S/C18H22N4O3S/c1-11-5-4-6-12(2)17(11)22-18(23)15-9-16(20-13(3)19-15)21-14-7-8-26(24,25)10-14/h4-6,9,14H,7-8,10H2,1-3H3,(H,22,23)(H,19,20,21). The van der Waals surface area contributed by atoms with Crippen LogP contribution < -0.4 is 10.6 Å². The number of aryl methyl sites for hydroxylation is 3. The van der Waals surface area contributed by atoms with Crippen LogP contribution in [0, 0.1) is 20.8 Å². The van der Waals surface area contributed by atoms with Crippen molar-refractivity contribution in [3.63, 3.8) is 0 Å². The van der Waals surface area contributed by atoms with Crippen LogP contribution >= 0.6 is 0 Å². The highest BCUT2D eigenvalue weighted by Crippen LogP contribution is 2.21. The van der Waals surface area contributed by atoms with Crippen LogP contribution in [0.25, 0.3) is 0 Å². The van der Waals surface area contributed by atoms with Crippen molar-refractivity contribution in [1.29, 1.82) is 0 Å². The Morgan fingerprint density at radius 3 is 2.46 bits per heavy atom. The minimum absolute atomic E-state index is 0.0833. The van der Waals surface area contributed by atoms with Crippen molar-refractivity contribution in [2.45, 2.75) is 33.2 Å². The lowest BCUT2D eigenvalue weighted by Gasteiger charge is -2.14. The molecule has 0 bridgehead atoms. The number of hydrogen-bond acceptors (Lipinski definition) is 6. The zero-order chi connectivity index (χ0) is 18.9. The van der Waals surface area contributed by atoms with E-state index in [4.69, 9.17) is 0 Å². The lowest BCUT2D eigenvalue weighted by molar-refractivity contribution is 0.102. The van der Waals surface area contributed by atoms with Crippen LogP contribution in [-0.2, 0) is 9.84 Å². The largest absolute Gasteiger partial charge is 0.366 e. The first-order chi connectivity index (χ1) is 12.2. The number of anilines is 2. The van der Waals surface area contributed by atoms with Crippen LogP contribution in [0.2, 0.25) is 0 Å². The Hall–Kier alpha value is -2.48. The molecule has 8 heteroatoms. The molecule has 0 radical (unpaired) electrons. The van der Waals surface area contributed by atoms with E-state index in [1.165, 1.54) is 0 Å². The van der Waals surface area contributed by atoms with E-state index in [-0.39, 0.29) is 29.1 Å². The summed E-state index contributed by atoms with van der Waals surface area (Å²) in [4.78, 5) is 21.1. The van der Waals surface area contributed by atoms with Crippen molar-refractivity contribution in [3.8, 4) is 0 Å². The Morgan fingerprint density at radius 2 is 1.85 bits per heavy atom. The molecular weight excluding hydrogens is 352 g/mol. The molecule has 1 aromatic carbocycles. The molecule has 138 valence electrons. The maximum Gasteiger partial charge on any atom is 0.274 e. The molecule has 1 saturated heterocycles. The van der Waals surface area contributed by atoms with E-state index >= 15 is 0 Å². The number of sulfone groups is 1. The monoisotopic (exact) mass is 374 g/mol. The van der Waals surface area contributed by atoms with Gasteiger partial charge in [-0.1, -0.05) is 18.2 Å². The average molecular weight is 374 g/mol. The molecule has 2 heterocycles. The molecule has 1 unspecified atom stereocenters. The molecule has 1 atom stereocenters. The summed E-state index contributed by atoms with van der Waals surface area (Å²) in [5, 5.41) is 6.01. The van der Waals surface area contributed by atoms with Crippen molar-refractivity contribution in [1.82, 2.24) is 9.97 Å². The highest BCUT2D eigenvalue weighted by molar-refractivity contribution is 7.91. The number of nitrogens with one attached hydrogen (secondary N) is 2. The highest BCUT2D eigenvalue weighted by atomic mass is 32.2. The molecule has 3 rings (SSSR count). The van der Waals surface area contributed by atoms with Crippen LogP contribution in [0.4, 0.5) is 11.5 Å². The summed E-state index contributed by atoms with van der Waals surface area (Å²) in [7, 11) is -2.99. The Labute approximate surface area is 153 Å². The molecule has 1 aliphatic rings. The summed E-state index contributed by atoms with van der Waals surface area (Å²) in [6.07, 6.45) is 0.537. The number of carbonyl (C=O) groups excluding carboxylic acids is 1. The second kappa shape index (κ2) is 7.03. The third-order valence-electron chi connectivity index (χ3n) is 4.37. The van der Waals surface area contributed by atoms with Crippen LogP contribution in [0.15, 0.2) is 24.3 Å². The van der Waals surface area contributed by atoms with Gasteiger partial charge in [-0.25, -0.2) is 18.4 Å². The summed E-state index contributed by atoms with van der Waals surface area (Å²) >= 11 is 0. The molecule has 0 aliphatic carbocycles. The number of para-hydroxylation sites is 1. The van der Waals surface area contributed by atoms with Crippen molar-refractivity contribution >= 4 is 27.2 Å². The van der Waals surface area contributed by atoms with E-state index in [0.29, 0.717) is 18.1 Å². The quantitative estimate of drug-likeness (QED) is 0.851. The number of carbonyl (C=O) groups is 1. The van der Waals surface area contributed by atoms with E-state index in [1.54, 1.807) is 13.0 Å². The van der Waals surface area contributed by atoms with Gasteiger partial charge in [0.25, 0.3) is 5.91 Å². The van der Waals surface area contributed by atoms with Gasteiger partial charge in [-0.2, -0.15) is 0 Å². The lowest BCUT2D eigenvalue weighted by Crippen LogP contribution is -2.23. The predicted molar refractivity (Wildman–Crippen MR) is 101 cm³/mol. The molecule has 1 aromatic heterocycles. The second-order valence-corrected chi connectivity index (χ2v) is 8.88. The van der Waals surface area contributed by atoms with E-state index in [2.05, 4.69) is 20.6 Å². The van der Waals surface area contributed by atoms with E-state index in [9.17, 15) is 13.2 Å². The third-order valence-corrected chi connectivity index (χ3v) is 6.14. The zero-order valence-electron chi connectivity index (χ0n) is 15.0. The predicted octanol–water partition coefficient (Wildman–Crippen LogP) is 2.25. The SMILES string of the molecule is Cc1nc(NC2CCS(=O)(=O)C2)cc(C(=O)Nc2c(C)cccc2C)n1. The number of aromatic nitrogens is 2. The van der Waals surface area contributed by atoms with Gasteiger partial charge in [0.1, 0.15) is 17.3 Å². The number of benzene rings is 1. The second-order valence-electron chi connectivity index (χ2n) is 6.65. The normalized spacial score (nSPS) is 18.5. The van der Waals surface area contributed by atoms with Gasteiger partial charge >= 0.3 is 0 Å². The molecule has 7 nitrogen and oxygen atoms in total. The van der Waals surface area contributed by atoms with Crippen molar-refractivity contribution in [2.75, 3.05) is 22.1 Å². The van der Waals surface area contributed by atoms with Gasteiger partial charge in [0.15, 0.2) is 9.84 Å². The highest BCUT2D eigenvalue weighted by Gasteiger charge is 2.28. The molecule has 0 saturated carbocycles. The maximum atomic E-state index is 12.6. The summed E-state index contributed by atoms with van der Waals surface area (Å²) in [5.41, 5.74) is 2.95. The van der Waals surface area contributed by atoms with Gasteiger partial charge < -0.3 is 10.6 Å². The Morgan fingerprint density at radius 1 is 1.15 bits per heavy atom. The molecule has 1 amide bonds. The van der Waals surface area contributed by atoms with Crippen LogP contribution in [0.3, 0.4) is 0 Å². The van der Waals surface area contributed by atoms with Gasteiger partial charge in [0.2, 0.25) is 0 Å². The van der Waals surface area contributed by atoms with Gasteiger partial charge in [0, 0.05) is 17.8 Å². The first-order valence-electron chi connectivity index (χ1n) is 8.44. The molecule has 2 N–H and O–H groups in total. The Bertz CT molecular complexity index is 937. The Kier molecular flexibility index (Phi) is 4.95. The molecule has 2 aromatic rings. The summed E-state index contributed by atoms with van der Waals surface area (Å²) in [6, 6.07) is 7.17. The fourth-order valence-corrected chi connectivity index (χ4v) is 4.74. The van der Waals surface area contributed by atoms with Gasteiger partial charge in [0.05, 0.1) is 11.5 Å². The molecular formula is C18H22N4O3S. The topological polar surface area (TPSA) is 101 Å². The number of rotatable bonds is 4. The number of amides is 1. The van der Waals surface area contributed by atoms with Gasteiger partial charge in [-0.3, -0.25) is 4.79 Å². The molecule has 1 aliphatic heterocycles. The van der Waals surface area contributed by atoms with E-state index in [1.807, 2.05) is 32.0 Å². The first kappa shape index (κ1) is 18.3. The number of hydrogen-bond donors (Lipinski definition) is 2. The molecule has 1 fully saturated rings. The van der Waals surface area contributed by atoms with E-state index < -0.39 is 9.84 Å². The molecule has 0 spiro atoms. The summed E-state index contributed by atoms with van der Waals surface area (Å²) < 4.78 is 23.2. The Balaban J connectivity index is 1.80.